The molecule has 1 aromatic heterocycles. The van der Waals surface area contributed by atoms with Gasteiger partial charge >= 0.3 is 0 Å². The summed E-state index contributed by atoms with van der Waals surface area (Å²) in [6.45, 7) is 3.91. The number of aromatic nitrogens is 1. The Labute approximate surface area is 147 Å². The molecule has 4 heteroatoms. The molecule has 24 heavy (non-hydrogen) atoms. The smallest absolute Gasteiger partial charge is 0.245 e. The molecule has 1 aliphatic heterocycles. The number of amides is 1. The number of carbonyl (C=O) groups excluding carboxylic acids is 1. The maximum absolute atomic E-state index is 12.6. The Morgan fingerprint density at radius 2 is 1.75 bits per heavy atom. The molecule has 1 unspecified atom stereocenters. The summed E-state index contributed by atoms with van der Waals surface area (Å²) >= 11 is 0. The normalized spacial score (nSPS) is 18.2. The number of pyridine rings is 1. The minimum absolute atomic E-state index is 0.0428. The van der Waals surface area contributed by atoms with Gasteiger partial charge in [-0.2, -0.15) is 0 Å². The summed E-state index contributed by atoms with van der Waals surface area (Å²) in [5.74, 6) is 1.18. The first-order valence-electron chi connectivity index (χ1n) is 9.66. The number of likely N-dealkylation sites (N-methyl/N-ethyl adjacent to an activating group) is 1. The van der Waals surface area contributed by atoms with Gasteiger partial charge < -0.3 is 9.80 Å². The first-order valence-corrected chi connectivity index (χ1v) is 9.66. The Morgan fingerprint density at radius 3 is 2.42 bits per heavy atom. The van der Waals surface area contributed by atoms with Crippen LogP contribution in [0.2, 0.25) is 0 Å². The van der Waals surface area contributed by atoms with E-state index >= 15 is 0 Å². The summed E-state index contributed by atoms with van der Waals surface area (Å²) in [7, 11) is 1.92. The molecule has 2 rings (SSSR count). The SMILES string of the molecule is CCCCCCCCCCC1C(=O)N(C)CCN1c1ccccn1. The highest BCUT2D eigenvalue weighted by Gasteiger charge is 2.33. The molecule has 1 amide bonds. The van der Waals surface area contributed by atoms with Crippen molar-refractivity contribution in [1.29, 1.82) is 0 Å². The standard InChI is InChI=1S/C20H33N3O/c1-3-4-5-6-7-8-9-10-13-18-20(24)22(2)16-17-23(18)19-14-11-12-15-21-19/h11-12,14-15,18H,3-10,13,16-17H2,1-2H3. The summed E-state index contributed by atoms with van der Waals surface area (Å²) in [6, 6.07) is 5.89. The second-order valence-corrected chi connectivity index (χ2v) is 6.92. The van der Waals surface area contributed by atoms with Crippen molar-refractivity contribution in [1.82, 2.24) is 9.88 Å². The van der Waals surface area contributed by atoms with Crippen LogP contribution in [0.5, 0.6) is 0 Å². The molecule has 0 bridgehead atoms. The van der Waals surface area contributed by atoms with E-state index in [1.807, 2.05) is 36.3 Å². The number of anilines is 1. The van der Waals surface area contributed by atoms with Gasteiger partial charge in [-0.15, -0.1) is 0 Å². The van der Waals surface area contributed by atoms with E-state index in [9.17, 15) is 4.79 Å². The molecule has 1 aromatic rings. The minimum atomic E-state index is -0.0428. The van der Waals surface area contributed by atoms with Gasteiger partial charge in [0.15, 0.2) is 0 Å². The van der Waals surface area contributed by atoms with Crippen molar-refractivity contribution in [3.63, 3.8) is 0 Å². The predicted octanol–water partition coefficient (Wildman–Crippen LogP) is 4.26. The highest BCUT2D eigenvalue weighted by molar-refractivity contribution is 5.86. The van der Waals surface area contributed by atoms with Crippen molar-refractivity contribution in [3.8, 4) is 0 Å². The second-order valence-electron chi connectivity index (χ2n) is 6.92. The first kappa shape index (κ1) is 18.8. The monoisotopic (exact) mass is 331 g/mol. The highest BCUT2D eigenvalue weighted by Crippen LogP contribution is 2.22. The molecular formula is C20H33N3O. The van der Waals surface area contributed by atoms with Crippen molar-refractivity contribution in [2.24, 2.45) is 0 Å². The Morgan fingerprint density at radius 1 is 1.04 bits per heavy atom. The van der Waals surface area contributed by atoms with Crippen molar-refractivity contribution in [3.05, 3.63) is 24.4 Å². The van der Waals surface area contributed by atoms with Gasteiger partial charge in [-0.25, -0.2) is 4.98 Å². The summed E-state index contributed by atoms with van der Waals surface area (Å²) in [4.78, 5) is 21.1. The van der Waals surface area contributed by atoms with Crippen LogP contribution in [0.1, 0.15) is 64.7 Å². The number of carbonyl (C=O) groups is 1. The lowest BCUT2D eigenvalue weighted by atomic mass is 10.0. The number of hydrogen-bond donors (Lipinski definition) is 0. The van der Waals surface area contributed by atoms with Gasteiger partial charge in [0.1, 0.15) is 11.9 Å². The average molecular weight is 332 g/mol. The van der Waals surface area contributed by atoms with Crippen LogP contribution < -0.4 is 4.90 Å². The van der Waals surface area contributed by atoms with Crippen LogP contribution in [0.3, 0.4) is 0 Å². The van der Waals surface area contributed by atoms with Gasteiger partial charge in [-0.1, -0.05) is 64.4 Å². The Hall–Kier alpha value is -1.58. The molecule has 1 atom stereocenters. The fourth-order valence-electron chi connectivity index (χ4n) is 3.46. The Balaban J connectivity index is 1.79. The third kappa shape index (κ3) is 5.50. The molecule has 0 aliphatic carbocycles. The maximum atomic E-state index is 12.6. The average Bonchev–Trinajstić information content (AvgIpc) is 2.61. The number of rotatable bonds is 10. The van der Waals surface area contributed by atoms with Gasteiger partial charge in [-0.3, -0.25) is 4.79 Å². The molecule has 2 heterocycles. The maximum Gasteiger partial charge on any atom is 0.245 e. The van der Waals surface area contributed by atoms with Crippen LogP contribution in [0.15, 0.2) is 24.4 Å². The molecule has 0 radical (unpaired) electrons. The summed E-state index contributed by atoms with van der Waals surface area (Å²) in [5.41, 5.74) is 0. The molecule has 4 nitrogen and oxygen atoms in total. The van der Waals surface area contributed by atoms with Crippen LogP contribution in [0.4, 0.5) is 5.82 Å². The quantitative estimate of drug-likeness (QED) is 0.601. The van der Waals surface area contributed by atoms with Crippen LogP contribution in [0.25, 0.3) is 0 Å². The molecule has 1 saturated heterocycles. The fourth-order valence-corrected chi connectivity index (χ4v) is 3.46. The first-order chi connectivity index (χ1) is 11.7. The number of hydrogen-bond acceptors (Lipinski definition) is 3. The van der Waals surface area contributed by atoms with Crippen molar-refractivity contribution < 1.29 is 4.79 Å². The molecule has 0 N–H and O–H groups in total. The molecular weight excluding hydrogens is 298 g/mol. The van der Waals surface area contributed by atoms with Gasteiger partial charge in [0.2, 0.25) is 5.91 Å². The van der Waals surface area contributed by atoms with Crippen molar-refractivity contribution in [2.45, 2.75) is 70.8 Å². The molecule has 134 valence electrons. The third-order valence-electron chi connectivity index (χ3n) is 4.99. The number of unbranched alkanes of at least 4 members (excludes halogenated alkanes) is 7. The molecule has 0 saturated carbocycles. The Kier molecular flexibility index (Phi) is 8.06. The zero-order valence-corrected chi connectivity index (χ0v) is 15.4. The number of piperazine rings is 1. The van der Waals surface area contributed by atoms with E-state index in [0.717, 1.165) is 31.7 Å². The topological polar surface area (TPSA) is 36.4 Å². The molecule has 0 spiro atoms. The second kappa shape index (κ2) is 10.3. The van der Waals surface area contributed by atoms with E-state index in [-0.39, 0.29) is 11.9 Å². The summed E-state index contributed by atoms with van der Waals surface area (Å²) in [5, 5.41) is 0. The molecule has 1 fully saturated rings. The third-order valence-corrected chi connectivity index (χ3v) is 4.99. The van der Waals surface area contributed by atoms with Crippen LogP contribution >= 0.6 is 0 Å². The van der Waals surface area contributed by atoms with Gasteiger partial charge in [0.05, 0.1) is 0 Å². The largest absolute Gasteiger partial charge is 0.343 e. The van der Waals surface area contributed by atoms with E-state index in [2.05, 4.69) is 16.8 Å². The van der Waals surface area contributed by atoms with E-state index in [1.165, 1.54) is 44.9 Å². The molecule has 0 aromatic carbocycles. The van der Waals surface area contributed by atoms with E-state index in [1.54, 1.807) is 0 Å². The zero-order valence-electron chi connectivity index (χ0n) is 15.4. The van der Waals surface area contributed by atoms with Crippen LogP contribution in [-0.4, -0.2) is 42.0 Å². The summed E-state index contributed by atoms with van der Waals surface area (Å²) < 4.78 is 0. The summed E-state index contributed by atoms with van der Waals surface area (Å²) in [6.07, 6.45) is 13.1. The minimum Gasteiger partial charge on any atom is -0.343 e. The predicted molar refractivity (Wildman–Crippen MR) is 100 cm³/mol. The Bertz CT molecular complexity index is 477. The highest BCUT2D eigenvalue weighted by atomic mass is 16.2. The van der Waals surface area contributed by atoms with E-state index in [0.29, 0.717) is 0 Å². The van der Waals surface area contributed by atoms with Crippen molar-refractivity contribution in [2.75, 3.05) is 25.0 Å². The lowest BCUT2D eigenvalue weighted by molar-refractivity contribution is -0.133. The van der Waals surface area contributed by atoms with E-state index < -0.39 is 0 Å². The van der Waals surface area contributed by atoms with E-state index in [4.69, 9.17) is 0 Å². The van der Waals surface area contributed by atoms with Crippen LogP contribution in [0, 0.1) is 0 Å². The lowest BCUT2D eigenvalue weighted by Crippen LogP contribution is -2.56. The molecule has 1 aliphatic rings. The zero-order chi connectivity index (χ0) is 17.2. The lowest BCUT2D eigenvalue weighted by Gasteiger charge is -2.40. The van der Waals surface area contributed by atoms with Crippen molar-refractivity contribution >= 4 is 11.7 Å². The van der Waals surface area contributed by atoms with Gasteiger partial charge in [0.25, 0.3) is 0 Å². The van der Waals surface area contributed by atoms with Gasteiger partial charge in [0, 0.05) is 26.3 Å². The fraction of sp³-hybridized carbons (Fsp3) is 0.700. The van der Waals surface area contributed by atoms with Crippen LogP contribution in [-0.2, 0) is 4.79 Å². The number of nitrogens with zero attached hydrogens (tertiary/aromatic N) is 3. The van der Waals surface area contributed by atoms with Gasteiger partial charge in [-0.05, 0) is 18.6 Å².